The van der Waals surface area contributed by atoms with Crippen molar-refractivity contribution >= 4 is 16.8 Å². The van der Waals surface area contributed by atoms with Gasteiger partial charge in [0.25, 0.3) is 5.91 Å². The fourth-order valence-corrected chi connectivity index (χ4v) is 1.98. The van der Waals surface area contributed by atoms with E-state index in [9.17, 15) is 14.0 Å². The third-order valence-corrected chi connectivity index (χ3v) is 2.94. The lowest BCUT2D eigenvalue weighted by Crippen LogP contribution is -2.27. The van der Waals surface area contributed by atoms with E-state index in [4.69, 9.17) is 0 Å². The van der Waals surface area contributed by atoms with Crippen molar-refractivity contribution < 1.29 is 9.18 Å². The molecule has 0 aliphatic heterocycles. The van der Waals surface area contributed by atoms with Crippen molar-refractivity contribution in [1.29, 1.82) is 0 Å². The van der Waals surface area contributed by atoms with E-state index in [2.05, 4.69) is 15.6 Å². The topological polar surface area (TPSA) is 74.0 Å². The highest BCUT2D eigenvalue weighted by Crippen LogP contribution is 2.16. The largest absolute Gasteiger partial charge is 0.352 e. The summed E-state index contributed by atoms with van der Waals surface area (Å²) in [5.41, 5.74) is 0.148. The molecule has 0 bridgehead atoms. The van der Waals surface area contributed by atoms with Gasteiger partial charge in [-0.25, -0.2) is 4.39 Å². The first-order valence-corrected chi connectivity index (χ1v) is 6.37. The number of fused-ring (bicyclic) bond motifs is 1. The van der Waals surface area contributed by atoms with Crippen LogP contribution in [0.15, 0.2) is 29.1 Å². The van der Waals surface area contributed by atoms with Gasteiger partial charge in [0.15, 0.2) is 0 Å². The maximum absolute atomic E-state index is 13.2. The SMILES string of the molecule is CNCCCNC(=O)c1cc(=O)[nH]c2cc(F)ccc12. The van der Waals surface area contributed by atoms with E-state index in [0.717, 1.165) is 13.0 Å². The highest BCUT2D eigenvalue weighted by Gasteiger charge is 2.11. The van der Waals surface area contributed by atoms with Crippen LogP contribution in [0.5, 0.6) is 0 Å². The number of amides is 1. The van der Waals surface area contributed by atoms with Crippen molar-refractivity contribution in [2.45, 2.75) is 6.42 Å². The molecule has 2 rings (SSSR count). The fraction of sp³-hybridized carbons (Fsp3) is 0.286. The molecule has 5 nitrogen and oxygen atoms in total. The van der Waals surface area contributed by atoms with Crippen LogP contribution in [0.25, 0.3) is 10.9 Å². The minimum atomic E-state index is -0.459. The number of halogens is 1. The first kappa shape index (κ1) is 14.2. The Morgan fingerprint density at radius 1 is 1.30 bits per heavy atom. The third kappa shape index (κ3) is 3.21. The maximum Gasteiger partial charge on any atom is 0.252 e. The Hall–Kier alpha value is -2.21. The van der Waals surface area contributed by atoms with Crippen molar-refractivity contribution in [1.82, 2.24) is 15.6 Å². The smallest absolute Gasteiger partial charge is 0.252 e. The zero-order valence-electron chi connectivity index (χ0n) is 11.1. The molecule has 20 heavy (non-hydrogen) atoms. The lowest BCUT2D eigenvalue weighted by atomic mass is 10.1. The van der Waals surface area contributed by atoms with Crippen LogP contribution in [0.2, 0.25) is 0 Å². The molecular weight excluding hydrogens is 261 g/mol. The van der Waals surface area contributed by atoms with E-state index in [1.165, 1.54) is 24.3 Å². The van der Waals surface area contributed by atoms with Crippen molar-refractivity contribution in [3.63, 3.8) is 0 Å². The number of hydrogen-bond acceptors (Lipinski definition) is 3. The van der Waals surface area contributed by atoms with Crippen molar-refractivity contribution in [2.75, 3.05) is 20.1 Å². The Bertz CT molecular complexity index is 682. The molecule has 2 aromatic rings. The summed E-state index contributed by atoms with van der Waals surface area (Å²) in [6.45, 7) is 1.30. The number of nitrogens with one attached hydrogen (secondary N) is 3. The molecule has 0 saturated carbocycles. The summed E-state index contributed by atoms with van der Waals surface area (Å²) in [5.74, 6) is -0.788. The molecule has 1 amide bonds. The average molecular weight is 277 g/mol. The molecule has 0 aliphatic rings. The Labute approximate surface area is 115 Å². The molecule has 0 saturated heterocycles. The lowest BCUT2D eigenvalue weighted by Gasteiger charge is -2.07. The Morgan fingerprint density at radius 3 is 2.85 bits per heavy atom. The predicted octanol–water partition coefficient (Wildman–Crippen LogP) is 1.01. The van der Waals surface area contributed by atoms with Gasteiger partial charge in [0.05, 0.1) is 11.1 Å². The molecule has 6 heteroatoms. The van der Waals surface area contributed by atoms with Crippen LogP contribution in [0.4, 0.5) is 4.39 Å². The van der Waals surface area contributed by atoms with Crippen LogP contribution in [-0.2, 0) is 0 Å². The molecule has 1 aromatic carbocycles. The molecule has 0 atom stereocenters. The summed E-state index contributed by atoms with van der Waals surface area (Å²) < 4.78 is 13.2. The van der Waals surface area contributed by atoms with Crippen LogP contribution in [0.1, 0.15) is 16.8 Å². The minimum Gasteiger partial charge on any atom is -0.352 e. The second-order valence-corrected chi connectivity index (χ2v) is 4.45. The minimum absolute atomic E-state index is 0.258. The summed E-state index contributed by atoms with van der Waals surface area (Å²) in [4.78, 5) is 26.1. The maximum atomic E-state index is 13.2. The second kappa shape index (κ2) is 6.29. The number of rotatable bonds is 5. The number of aromatic amines is 1. The highest BCUT2D eigenvalue weighted by atomic mass is 19.1. The van der Waals surface area contributed by atoms with Crippen molar-refractivity contribution in [2.24, 2.45) is 0 Å². The van der Waals surface area contributed by atoms with Gasteiger partial charge in [-0.15, -0.1) is 0 Å². The number of H-pyrrole nitrogens is 1. The Balaban J connectivity index is 2.29. The van der Waals surface area contributed by atoms with E-state index in [1.807, 2.05) is 7.05 Å². The van der Waals surface area contributed by atoms with E-state index < -0.39 is 11.4 Å². The number of pyridine rings is 1. The molecular formula is C14H16FN3O2. The van der Waals surface area contributed by atoms with Gasteiger partial charge in [0.2, 0.25) is 5.56 Å². The van der Waals surface area contributed by atoms with E-state index in [-0.39, 0.29) is 11.5 Å². The fourth-order valence-electron chi connectivity index (χ4n) is 1.98. The molecule has 0 radical (unpaired) electrons. The van der Waals surface area contributed by atoms with E-state index in [1.54, 1.807) is 0 Å². The molecule has 106 valence electrons. The van der Waals surface area contributed by atoms with E-state index >= 15 is 0 Å². The van der Waals surface area contributed by atoms with Gasteiger partial charge in [0, 0.05) is 18.0 Å². The van der Waals surface area contributed by atoms with Crippen LogP contribution < -0.4 is 16.2 Å². The van der Waals surface area contributed by atoms with Gasteiger partial charge in [0.1, 0.15) is 5.82 Å². The zero-order valence-corrected chi connectivity index (χ0v) is 11.1. The molecule has 1 heterocycles. The first-order chi connectivity index (χ1) is 9.61. The van der Waals surface area contributed by atoms with Gasteiger partial charge in [-0.2, -0.15) is 0 Å². The molecule has 0 unspecified atom stereocenters. The summed E-state index contributed by atoms with van der Waals surface area (Å²) >= 11 is 0. The van der Waals surface area contributed by atoms with Crippen molar-refractivity contribution in [3.8, 4) is 0 Å². The lowest BCUT2D eigenvalue weighted by molar-refractivity contribution is 0.0954. The van der Waals surface area contributed by atoms with Gasteiger partial charge < -0.3 is 15.6 Å². The van der Waals surface area contributed by atoms with Gasteiger partial charge in [-0.05, 0) is 38.2 Å². The second-order valence-electron chi connectivity index (χ2n) is 4.45. The van der Waals surface area contributed by atoms with Crippen LogP contribution >= 0.6 is 0 Å². The zero-order chi connectivity index (χ0) is 14.5. The first-order valence-electron chi connectivity index (χ1n) is 6.37. The molecule has 0 aliphatic carbocycles. The highest BCUT2D eigenvalue weighted by molar-refractivity contribution is 6.05. The number of carbonyl (C=O) groups excluding carboxylic acids is 1. The van der Waals surface area contributed by atoms with Crippen LogP contribution in [0, 0.1) is 5.82 Å². The molecule has 0 spiro atoms. The van der Waals surface area contributed by atoms with Crippen LogP contribution in [0.3, 0.4) is 0 Å². The Morgan fingerprint density at radius 2 is 2.10 bits per heavy atom. The average Bonchev–Trinajstić information content (AvgIpc) is 2.42. The Kier molecular flexibility index (Phi) is 4.47. The predicted molar refractivity (Wildman–Crippen MR) is 75.4 cm³/mol. The summed E-state index contributed by atoms with van der Waals surface area (Å²) in [5, 5.41) is 6.25. The number of benzene rings is 1. The summed E-state index contributed by atoms with van der Waals surface area (Å²) in [6, 6.07) is 5.18. The third-order valence-electron chi connectivity index (χ3n) is 2.94. The van der Waals surface area contributed by atoms with Crippen molar-refractivity contribution in [3.05, 3.63) is 46.0 Å². The number of hydrogen-bond donors (Lipinski definition) is 3. The van der Waals surface area contributed by atoms with E-state index in [0.29, 0.717) is 17.4 Å². The van der Waals surface area contributed by atoms with Crippen LogP contribution in [-0.4, -0.2) is 31.0 Å². The summed E-state index contributed by atoms with van der Waals surface area (Å²) in [7, 11) is 1.83. The van der Waals surface area contributed by atoms with Gasteiger partial charge in [-0.3, -0.25) is 9.59 Å². The quantitative estimate of drug-likeness (QED) is 0.714. The molecule has 0 fully saturated rings. The van der Waals surface area contributed by atoms with Gasteiger partial charge in [-0.1, -0.05) is 0 Å². The molecule has 1 aromatic heterocycles. The van der Waals surface area contributed by atoms with Gasteiger partial charge >= 0.3 is 0 Å². The normalized spacial score (nSPS) is 10.7. The number of aromatic nitrogens is 1. The number of carbonyl (C=O) groups is 1. The monoisotopic (exact) mass is 277 g/mol. The standard InChI is InChI=1S/C14H16FN3O2/c1-16-5-2-6-17-14(20)11-8-13(19)18-12-7-9(15)3-4-10(11)12/h3-4,7-8,16H,2,5-6H2,1H3,(H,17,20)(H,18,19). The summed E-state index contributed by atoms with van der Waals surface area (Å²) in [6.07, 6.45) is 0.790. The molecule has 3 N–H and O–H groups in total.